The van der Waals surface area contributed by atoms with Crippen molar-refractivity contribution in [2.24, 2.45) is 11.3 Å². The van der Waals surface area contributed by atoms with Crippen molar-refractivity contribution in [1.29, 1.82) is 0 Å². The lowest BCUT2D eigenvalue weighted by Crippen LogP contribution is -2.57. The van der Waals surface area contributed by atoms with E-state index in [1.807, 2.05) is 42.5 Å². The summed E-state index contributed by atoms with van der Waals surface area (Å²) in [7, 11) is 0. The van der Waals surface area contributed by atoms with Crippen LogP contribution in [0.3, 0.4) is 0 Å². The number of para-hydroxylation sites is 1. The van der Waals surface area contributed by atoms with Gasteiger partial charge in [0, 0.05) is 36.4 Å². The molecule has 1 aromatic heterocycles. The zero-order chi connectivity index (χ0) is 23.9. The van der Waals surface area contributed by atoms with E-state index in [4.69, 9.17) is 4.42 Å². The second-order valence-electron chi connectivity index (χ2n) is 11.2. The van der Waals surface area contributed by atoms with Gasteiger partial charge in [0.05, 0.1) is 0 Å². The topological polar surface area (TPSA) is 62.6 Å². The molecule has 3 aliphatic rings. The van der Waals surface area contributed by atoms with Gasteiger partial charge in [0.2, 0.25) is 0 Å². The van der Waals surface area contributed by atoms with Crippen LogP contribution in [0.2, 0.25) is 0 Å². The van der Waals surface area contributed by atoms with Gasteiger partial charge in [0.25, 0.3) is 5.91 Å². The van der Waals surface area contributed by atoms with Gasteiger partial charge in [-0.05, 0) is 54.5 Å². The minimum Gasteiger partial charge on any atom is -0.450 e. The lowest BCUT2D eigenvalue weighted by molar-refractivity contribution is -0.120. The zero-order valence-electron chi connectivity index (χ0n) is 20.4. The molecule has 1 amide bonds. The van der Waals surface area contributed by atoms with E-state index in [-0.39, 0.29) is 23.1 Å². The molecular formula is C29H34N2O3. The van der Waals surface area contributed by atoms with E-state index in [1.165, 1.54) is 0 Å². The van der Waals surface area contributed by atoms with Crippen molar-refractivity contribution in [3.8, 4) is 11.1 Å². The van der Waals surface area contributed by atoms with Gasteiger partial charge in [-0.1, -0.05) is 63.2 Å². The van der Waals surface area contributed by atoms with Gasteiger partial charge in [-0.15, -0.1) is 0 Å². The Kier molecular flexibility index (Phi) is 6.07. The normalized spacial score (nSPS) is 22.1. The molecule has 3 fully saturated rings. The van der Waals surface area contributed by atoms with Gasteiger partial charge in [0.1, 0.15) is 11.4 Å². The molecule has 2 bridgehead atoms. The van der Waals surface area contributed by atoms with Crippen LogP contribution in [-0.2, 0) is 11.2 Å². The number of rotatable bonds is 6. The number of amides is 1. The molecule has 5 nitrogen and oxygen atoms in total. The van der Waals surface area contributed by atoms with Gasteiger partial charge < -0.3 is 14.6 Å². The number of carbonyl (C=O) groups excluding carboxylic acids is 2. The SMILES string of the molecule is CC(C)(C)CC(=O)Cc1cccc(-c2cccc3cc(C(=O)N[C@H]4CN5CCC4CC5)oc23)c1. The van der Waals surface area contributed by atoms with E-state index in [1.54, 1.807) is 0 Å². The molecule has 3 saturated heterocycles. The fourth-order valence-corrected chi connectivity index (χ4v) is 5.50. The molecule has 178 valence electrons. The first kappa shape index (κ1) is 22.9. The molecule has 6 rings (SSSR count). The van der Waals surface area contributed by atoms with Crippen LogP contribution in [-0.4, -0.2) is 42.3 Å². The minimum absolute atomic E-state index is 0.0139. The number of benzene rings is 2. The number of hydrogen-bond acceptors (Lipinski definition) is 4. The minimum atomic E-state index is -0.137. The summed E-state index contributed by atoms with van der Waals surface area (Å²) in [5.74, 6) is 1.03. The molecule has 1 atom stereocenters. The number of piperidine rings is 3. The van der Waals surface area contributed by atoms with Crippen molar-refractivity contribution in [1.82, 2.24) is 10.2 Å². The van der Waals surface area contributed by atoms with Crippen molar-refractivity contribution in [2.45, 2.75) is 52.5 Å². The standard InChI is InChI=1S/C29H34N2O3/c1-29(2,3)17-23(32)15-19-6-4-7-21(14-19)24-9-5-8-22-16-26(34-27(22)24)28(33)30-25-18-31-12-10-20(25)11-13-31/h4-9,14,16,20,25H,10-13,15,17-18H2,1-3H3,(H,30,33)/t25-/m0/s1. The Morgan fingerprint density at radius 1 is 1.06 bits per heavy atom. The van der Waals surface area contributed by atoms with E-state index in [2.05, 4.69) is 37.1 Å². The highest BCUT2D eigenvalue weighted by molar-refractivity contribution is 6.00. The smallest absolute Gasteiger partial charge is 0.287 e. The van der Waals surface area contributed by atoms with E-state index in [0.717, 1.165) is 54.6 Å². The van der Waals surface area contributed by atoms with Crippen LogP contribution in [0.5, 0.6) is 0 Å². The van der Waals surface area contributed by atoms with Gasteiger partial charge in [0.15, 0.2) is 5.76 Å². The summed E-state index contributed by atoms with van der Waals surface area (Å²) in [6.07, 6.45) is 3.29. The summed E-state index contributed by atoms with van der Waals surface area (Å²) in [6, 6.07) is 16.1. The van der Waals surface area contributed by atoms with Crippen molar-refractivity contribution < 1.29 is 14.0 Å². The summed E-state index contributed by atoms with van der Waals surface area (Å²) in [5, 5.41) is 4.13. The van der Waals surface area contributed by atoms with E-state index in [9.17, 15) is 9.59 Å². The number of hydrogen-bond donors (Lipinski definition) is 1. The molecule has 5 heteroatoms. The third kappa shape index (κ3) is 4.95. The average molecular weight is 459 g/mol. The molecule has 0 radical (unpaired) electrons. The fourth-order valence-electron chi connectivity index (χ4n) is 5.50. The van der Waals surface area contributed by atoms with Crippen molar-refractivity contribution in [3.05, 3.63) is 59.9 Å². The Balaban J connectivity index is 1.37. The molecule has 3 aliphatic heterocycles. The van der Waals surface area contributed by atoms with Crippen LogP contribution in [0, 0.1) is 11.3 Å². The lowest BCUT2D eigenvalue weighted by atomic mass is 9.84. The van der Waals surface area contributed by atoms with E-state index in [0.29, 0.717) is 30.1 Å². The number of ketones is 1. The van der Waals surface area contributed by atoms with Crippen molar-refractivity contribution in [3.63, 3.8) is 0 Å². The maximum absolute atomic E-state index is 13.0. The van der Waals surface area contributed by atoms with Crippen molar-refractivity contribution >= 4 is 22.7 Å². The monoisotopic (exact) mass is 458 g/mol. The Hall–Kier alpha value is -2.92. The molecule has 1 N–H and O–H groups in total. The van der Waals surface area contributed by atoms with Crippen LogP contribution >= 0.6 is 0 Å². The number of carbonyl (C=O) groups is 2. The molecule has 0 spiro atoms. The van der Waals surface area contributed by atoms with Crippen LogP contribution in [0.15, 0.2) is 52.9 Å². The molecule has 3 aromatic rings. The second-order valence-corrected chi connectivity index (χ2v) is 11.2. The van der Waals surface area contributed by atoms with Gasteiger partial charge in [-0.25, -0.2) is 0 Å². The highest BCUT2D eigenvalue weighted by Crippen LogP contribution is 2.33. The molecular weight excluding hydrogens is 424 g/mol. The summed E-state index contributed by atoms with van der Waals surface area (Å²) in [6.45, 7) is 9.48. The van der Waals surface area contributed by atoms with Crippen LogP contribution in [0.1, 0.15) is 56.2 Å². The second kappa shape index (κ2) is 9.03. The largest absolute Gasteiger partial charge is 0.450 e. The van der Waals surface area contributed by atoms with Gasteiger partial charge in [-0.3, -0.25) is 9.59 Å². The summed E-state index contributed by atoms with van der Waals surface area (Å²) >= 11 is 0. The van der Waals surface area contributed by atoms with E-state index >= 15 is 0 Å². The number of nitrogens with zero attached hydrogens (tertiary/aromatic N) is 1. The first-order valence-corrected chi connectivity index (χ1v) is 12.4. The molecule has 0 saturated carbocycles. The van der Waals surface area contributed by atoms with Crippen molar-refractivity contribution in [2.75, 3.05) is 19.6 Å². The highest BCUT2D eigenvalue weighted by Gasteiger charge is 2.35. The maximum Gasteiger partial charge on any atom is 0.287 e. The molecule has 34 heavy (non-hydrogen) atoms. The Labute approximate surface area is 201 Å². The predicted octanol–water partition coefficient (Wildman–Crippen LogP) is 5.47. The Morgan fingerprint density at radius 2 is 1.82 bits per heavy atom. The predicted molar refractivity (Wildman–Crippen MR) is 135 cm³/mol. The number of furan rings is 1. The quantitative estimate of drug-likeness (QED) is 0.532. The van der Waals surface area contributed by atoms with Gasteiger partial charge in [-0.2, -0.15) is 0 Å². The maximum atomic E-state index is 13.0. The van der Waals surface area contributed by atoms with Crippen LogP contribution in [0.25, 0.3) is 22.1 Å². The average Bonchev–Trinajstić information content (AvgIpc) is 3.23. The summed E-state index contributed by atoms with van der Waals surface area (Å²) in [5.41, 5.74) is 3.62. The van der Waals surface area contributed by atoms with E-state index < -0.39 is 0 Å². The molecule has 4 heterocycles. The summed E-state index contributed by atoms with van der Waals surface area (Å²) in [4.78, 5) is 28.0. The molecule has 0 aliphatic carbocycles. The third-order valence-electron chi connectivity index (χ3n) is 7.11. The fraction of sp³-hybridized carbons (Fsp3) is 0.448. The number of nitrogens with one attached hydrogen (secondary N) is 1. The number of fused-ring (bicyclic) bond motifs is 4. The summed E-state index contributed by atoms with van der Waals surface area (Å²) < 4.78 is 6.13. The highest BCUT2D eigenvalue weighted by atomic mass is 16.3. The first-order chi connectivity index (χ1) is 16.2. The van der Waals surface area contributed by atoms with Crippen LogP contribution < -0.4 is 5.32 Å². The Morgan fingerprint density at radius 3 is 2.53 bits per heavy atom. The van der Waals surface area contributed by atoms with Gasteiger partial charge >= 0.3 is 0 Å². The van der Waals surface area contributed by atoms with Crippen LogP contribution in [0.4, 0.5) is 0 Å². The lowest BCUT2D eigenvalue weighted by Gasteiger charge is -2.44. The first-order valence-electron chi connectivity index (χ1n) is 12.4. The number of Topliss-reactive ketones (excluding diaryl/α,β-unsaturated/α-hetero) is 1. The molecule has 0 unspecified atom stereocenters. The zero-order valence-corrected chi connectivity index (χ0v) is 20.4. The molecule has 2 aromatic carbocycles. The third-order valence-corrected chi connectivity index (χ3v) is 7.11. The Bertz CT molecular complexity index is 1210.